The molecule has 2 N–H and O–H groups in total. The van der Waals surface area contributed by atoms with Gasteiger partial charge in [-0.15, -0.1) is 0 Å². The fraction of sp³-hybridized carbons (Fsp3) is 0.440. The average molecular weight is 555 g/mol. The molecular formula is C25H27BrN6O4. The van der Waals surface area contributed by atoms with Crippen molar-refractivity contribution in [2.45, 2.75) is 43.6 Å². The molecule has 10 nitrogen and oxygen atoms in total. The van der Waals surface area contributed by atoms with Gasteiger partial charge in [-0.2, -0.15) is 0 Å². The topological polar surface area (TPSA) is 112 Å². The number of aromatic nitrogens is 3. The number of benzene rings is 1. The van der Waals surface area contributed by atoms with Crippen LogP contribution in [-0.4, -0.2) is 85.5 Å². The van der Waals surface area contributed by atoms with Crippen molar-refractivity contribution in [2.24, 2.45) is 0 Å². The molecule has 3 aromatic rings. The van der Waals surface area contributed by atoms with E-state index in [-0.39, 0.29) is 29.9 Å². The third-order valence-corrected chi connectivity index (χ3v) is 8.01. The maximum Gasteiger partial charge on any atom is 0.274 e. The number of imidazole rings is 1. The zero-order chi connectivity index (χ0) is 25.0. The van der Waals surface area contributed by atoms with Gasteiger partial charge >= 0.3 is 0 Å². The highest BCUT2D eigenvalue weighted by atomic mass is 79.9. The number of hydrogen-bond donors (Lipinski definition) is 2. The fourth-order valence-electron chi connectivity index (χ4n) is 5.47. The molecule has 2 saturated heterocycles. The summed E-state index contributed by atoms with van der Waals surface area (Å²) in [6.07, 6.45) is 3.92. The van der Waals surface area contributed by atoms with Crippen LogP contribution in [0.25, 0.3) is 5.65 Å². The van der Waals surface area contributed by atoms with Crippen molar-refractivity contribution in [2.75, 3.05) is 26.7 Å². The monoisotopic (exact) mass is 554 g/mol. The second-order valence-corrected chi connectivity index (χ2v) is 10.7. The summed E-state index contributed by atoms with van der Waals surface area (Å²) in [5.41, 5.74) is 2.65. The van der Waals surface area contributed by atoms with E-state index in [1.807, 2.05) is 12.1 Å². The number of piperidine rings is 1. The van der Waals surface area contributed by atoms with Crippen molar-refractivity contribution < 1.29 is 19.4 Å². The van der Waals surface area contributed by atoms with Gasteiger partial charge in [0, 0.05) is 52.0 Å². The molecule has 5 heterocycles. The zero-order valence-corrected chi connectivity index (χ0v) is 21.4. The first kappa shape index (κ1) is 23.4. The number of likely N-dealkylation sites (tertiary alicyclic amines) is 2. The average Bonchev–Trinajstić information content (AvgIpc) is 3.44. The molecular weight excluding hydrogens is 528 g/mol. The lowest BCUT2D eigenvalue weighted by Crippen LogP contribution is -2.65. The van der Waals surface area contributed by atoms with Crippen LogP contribution in [0, 0.1) is 0 Å². The minimum absolute atomic E-state index is 0.104. The largest absolute Gasteiger partial charge is 0.461 e. The van der Waals surface area contributed by atoms with Crippen molar-refractivity contribution in [3.05, 3.63) is 58.1 Å². The molecule has 0 saturated carbocycles. The zero-order valence-electron chi connectivity index (χ0n) is 19.9. The molecule has 1 aromatic carbocycles. The Balaban J connectivity index is 1.21. The van der Waals surface area contributed by atoms with Crippen LogP contribution in [0.5, 0.6) is 5.88 Å². The molecule has 2 fully saturated rings. The van der Waals surface area contributed by atoms with Crippen molar-refractivity contribution in [3.63, 3.8) is 0 Å². The summed E-state index contributed by atoms with van der Waals surface area (Å²) in [4.78, 5) is 37.9. The van der Waals surface area contributed by atoms with Crippen LogP contribution in [-0.2, 0) is 17.8 Å². The number of carbonyl (C=O) groups excluding carboxylic acids is 2. The summed E-state index contributed by atoms with van der Waals surface area (Å²) in [5, 5.41) is 14.7. The number of aliphatic hydroxyl groups is 1. The Bertz CT molecular complexity index is 1360. The van der Waals surface area contributed by atoms with Gasteiger partial charge in [-0.25, -0.2) is 9.97 Å². The van der Waals surface area contributed by atoms with Gasteiger partial charge in [0.25, 0.3) is 17.7 Å². The lowest BCUT2D eigenvalue weighted by atomic mass is 9.76. The van der Waals surface area contributed by atoms with Crippen LogP contribution in [0.3, 0.4) is 0 Å². The molecule has 0 bridgehead atoms. The van der Waals surface area contributed by atoms with Crippen molar-refractivity contribution in [3.8, 4) is 5.88 Å². The third kappa shape index (κ3) is 3.95. The third-order valence-electron chi connectivity index (χ3n) is 7.63. The van der Waals surface area contributed by atoms with Gasteiger partial charge in [0.05, 0.1) is 11.6 Å². The number of halogens is 1. The van der Waals surface area contributed by atoms with Gasteiger partial charge < -0.3 is 25.0 Å². The number of nitrogens with zero attached hydrogens (tertiary/aromatic N) is 5. The van der Waals surface area contributed by atoms with Gasteiger partial charge in [0.2, 0.25) is 5.65 Å². The Morgan fingerprint density at radius 2 is 2.03 bits per heavy atom. The highest BCUT2D eigenvalue weighted by molar-refractivity contribution is 9.10. The quantitative estimate of drug-likeness (QED) is 0.503. The summed E-state index contributed by atoms with van der Waals surface area (Å²) in [6.45, 7) is 2.05. The van der Waals surface area contributed by atoms with E-state index in [2.05, 4.69) is 43.3 Å². The van der Waals surface area contributed by atoms with Crippen LogP contribution >= 0.6 is 15.9 Å². The minimum Gasteiger partial charge on any atom is -0.461 e. The second kappa shape index (κ2) is 8.82. The molecule has 0 aliphatic carbocycles. The number of β-amino-alcohol motifs (C(OH)–C–C–N with tert-alkyl or cyclic N) is 1. The van der Waals surface area contributed by atoms with Gasteiger partial charge in [-0.1, -0.05) is 24.3 Å². The number of fused-ring (bicyclic) bond motifs is 2. The van der Waals surface area contributed by atoms with Crippen LogP contribution in [0.15, 0.2) is 41.3 Å². The Morgan fingerprint density at radius 3 is 2.78 bits per heavy atom. The van der Waals surface area contributed by atoms with E-state index in [0.29, 0.717) is 42.7 Å². The molecule has 3 aliphatic rings. The van der Waals surface area contributed by atoms with E-state index in [9.17, 15) is 14.7 Å². The highest BCUT2D eigenvalue weighted by Gasteiger charge is 2.45. The summed E-state index contributed by atoms with van der Waals surface area (Å²) in [5.74, 6) is -0.171. The molecule has 2 amide bonds. The summed E-state index contributed by atoms with van der Waals surface area (Å²) >= 11 is 3.37. The molecule has 0 unspecified atom stereocenters. The van der Waals surface area contributed by atoms with E-state index < -0.39 is 17.7 Å². The lowest BCUT2D eigenvalue weighted by molar-refractivity contribution is -0.132. The molecule has 6 rings (SSSR count). The molecule has 36 heavy (non-hydrogen) atoms. The van der Waals surface area contributed by atoms with Crippen LogP contribution in [0.1, 0.15) is 34.5 Å². The molecule has 188 valence electrons. The standard InChI is InChI=1S/C25H27BrN6O4/c1-30-8-6-18(24(30)35)36-22-21-28-17(12-32(21)14-20(26)29-22)23(34)31-9-7-25(19(33)13-31)10-15-4-2-3-5-16(15)11-27-25/h2-5,12,14,18-19,27,33H,6-11,13H2,1H3/t18-,19-,25+/m1/s1. The summed E-state index contributed by atoms with van der Waals surface area (Å²) < 4.78 is 8.09. The first-order valence-electron chi connectivity index (χ1n) is 12.1. The predicted octanol–water partition coefficient (Wildman–Crippen LogP) is 1.39. The Kier molecular flexibility index (Phi) is 5.73. The number of amides is 2. The first-order valence-corrected chi connectivity index (χ1v) is 12.9. The van der Waals surface area contributed by atoms with Gasteiger partial charge in [-0.3, -0.25) is 14.0 Å². The number of likely N-dealkylation sites (N-methyl/N-ethyl adjacent to an activating group) is 1. The van der Waals surface area contributed by atoms with Crippen molar-refractivity contribution in [1.82, 2.24) is 29.5 Å². The maximum absolute atomic E-state index is 13.4. The molecule has 3 atom stereocenters. The van der Waals surface area contributed by atoms with E-state index >= 15 is 0 Å². The van der Waals surface area contributed by atoms with E-state index in [1.54, 1.807) is 33.6 Å². The number of nitrogens with one attached hydrogen (secondary N) is 1. The molecule has 11 heteroatoms. The van der Waals surface area contributed by atoms with Gasteiger partial charge in [-0.05, 0) is 39.9 Å². The normalized spacial score (nSPS) is 26.0. The summed E-state index contributed by atoms with van der Waals surface area (Å²) in [6, 6.07) is 8.27. The Labute approximate surface area is 216 Å². The van der Waals surface area contributed by atoms with E-state index in [4.69, 9.17) is 4.74 Å². The second-order valence-electron chi connectivity index (χ2n) is 9.85. The smallest absolute Gasteiger partial charge is 0.274 e. The molecule has 3 aliphatic heterocycles. The number of hydrogen-bond acceptors (Lipinski definition) is 7. The van der Waals surface area contributed by atoms with Crippen LogP contribution in [0.2, 0.25) is 0 Å². The predicted molar refractivity (Wildman–Crippen MR) is 134 cm³/mol. The van der Waals surface area contributed by atoms with Crippen molar-refractivity contribution in [1.29, 1.82) is 0 Å². The van der Waals surface area contributed by atoms with E-state index in [0.717, 1.165) is 6.42 Å². The molecule has 2 aromatic heterocycles. The number of aliphatic hydroxyl groups excluding tert-OH is 1. The number of rotatable bonds is 3. The fourth-order valence-corrected chi connectivity index (χ4v) is 5.85. The number of ether oxygens (including phenoxy) is 1. The highest BCUT2D eigenvalue weighted by Crippen LogP contribution is 2.33. The van der Waals surface area contributed by atoms with Crippen LogP contribution < -0.4 is 10.1 Å². The minimum atomic E-state index is -0.708. The number of carbonyl (C=O) groups is 2. The maximum atomic E-state index is 13.4. The molecule has 0 radical (unpaired) electrons. The van der Waals surface area contributed by atoms with Gasteiger partial charge in [0.1, 0.15) is 10.3 Å². The van der Waals surface area contributed by atoms with Crippen molar-refractivity contribution >= 4 is 33.4 Å². The Hall–Kier alpha value is -3.02. The lowest BCUT2D eigenvalue weighted by Gasteiger charge is -2.48. The Morgan fingerprint density at radius 1 is 1.22 bits per heavy atom. The molecule has 1 spiro atoms. The first-order chi connectivity index (χ1) is 17.3. The van der Waals surface area contributed by atoms with Crippen LogP contribution in [0.4, 0.5) is 0 Å². The van der Waals surface area contributed by atoms with Gasteiger partial charge in [0.15, 0.2) is 6.10 Å². The van der Waals surface area contributed by atoms with E-state index in [1.165, 1.54) is 11.1 Å². The summed E-state index contributed by atoms with van der Waals surface area (Å²) in [7, 11) is 1.74. The SMILES string of the molecule is CN1CC[C@@H](Oc2nc(Br)cn3cc(C(=O)N4CC[C@]5(Cc6ccccc6CN5)[C@H](O)C4)nc23)C1=O.